The van der Waals surface area contributed by atoms with Crippen LogP contribution in [0.15, 0.2) is 42.5 Å². The zero-order valence-corrected chi connectivity index (χ0v) is 11.1. The predicted octanol–water partition coefficient (Wildman–Crippen LogP) is 2.45. The normalized spacial score (nSPS) is 13.9. The monoisotopic (exact) mass is 247 g/mol. The molecule has 3 nitrogen and oxygen atoms in total. The Morgan fingerprint density at radius 2 is 2.00 bits per heavy atom. The van der Waals surface area contributed by atoms with Gasteiger partial charge in [-0.2, -0.15) is 0 Å². The fourth-order valence-electron chi connectivity index (χ4n) is 1.58. The molecule has 0 unspecified atom stereocenters. The van der Waals surface area contributed by atoms with Crippen molar-refractivity contribution in [3.8, 4) is 0 Å². The highest BCUT2D eigenvalue weighted by Gasteiger charge is 2.21. The van der Waals surface area contributed by atoms with Crippen LogP contribution in [0.2, 0.25) is 0 Å². The van der Waals surface area contributed by atoms with E-state index in [-0.39, 0.29) is 11.9 Å². The van der Waals surface area contributed by atoms with Crippen molar-refractivity contribution in [1.29, 1.82) is 0 Å². The van der Waals surface area contributed by atoms with Gasteiger partial charge in [0.1, 0.15) is 0 Å². The fourth-order valence-corrected chi connectivity index (χ4v) is 1.58. The topological polar surface area (TPSA) is 52.3 Å². The van der Waals surface area contributed by atoms with E-state index in [2.05, 4.69) is 6.58 Å². The maximum absolute atomic E-state index is 11.7. The molecule has 0 heterocycles. The molecular weight excluding hydrogens is 226 g/mol. The third kappa shape index (κ3) is 4.82. The minimum absolute atomic E-state index is 0.0249. The van der Waals surface area contributed by atoms with Gasteiger partial charge in [-0.3, -0.25) is 4.79 Å². The van der Waals surface area contributed by atoms with E-state index < -0.39 is 6.04 Å². The molecule has 1 aromatic rings. The number of carbonyl (C=O) groups is 1. The van der Waals surface area contributed by atoms with Gasteiger partial charge in [-0.25, -0.2) is 0 Å². The highest BCUT2D eigenvalue weighted by molar-refractivity contribution is 5.86. The molecule has 0 amide bonds. The number of benzene rings is 1. The van der Waals surface area contributed by atoms with Crippen molar-refractivity contribution in [3.05, 3.63) is 48.0 Å². The molecule has 0 aromatic heterocycles. The van der Waals surface area contributed by atoms with E-state index in [0.717, 1.165) is 11.1 Å². The number of nitrogens with two attached hydrogens (primary N) is 1. The molecule has 2 N–H and O–H groups in total. The summed E-state index contributed by atoms with van der Waals surface area (Å²) in [6.07, 6.45) is 0.0253. The van der Waals surface area contributed by atoms with E-state index in [1.165, 1.54) is 0 Å². The van der Waals surface area contributed by atoms with Crippen molar-refractivity contribution >= 4 is 5.78 Å². The Bertz CT molecular complexity index is 400. The van der Waals surface area contributed by atoms with E-state index in [0.29, 0.717) is 13.0 Å². The minimum atomic E-state index is -0.592. The second-order valence-electron chi connectivity index (χ2n) is 4.63. The van der Waals surface area contributed by atoms with Crippen LogP contribution in [0.4, 0.5) is 0 Å². The maximum Gasteiger partial charge on any atom is 0.156 e. The smallest absolute Gasteiger partial charge is 0.156 e. The number of Topliss-reactive ketones (excluding diaryl/α,β-unsaturated/α-hetero) is 1. The lowest BCUT2D eigenvalue weighted by Gasteiger charge is -2.19. The van der Waals surface area contributed by atoms with Crippen LogP contribution in [0.1, 0.15) is 25.8 Å². The van der Waals surface area contributed by atoms with Crippen molar-refractivity contribution < 1.29 is 9.53 Å². The number of hydrogen-bond acceptors (Lipinski definition) is 3. The summed E-state index contributed by atoms with van der Waals surface area (Å²) in [7, 11) is 0. The van der Waals surface area contributed by atoms with Gasteiger partial charge in [-0.1, -0.05) is 42.5 Å². The van der Waals surface area contributed by atoms with Gasteiger partial charge in [0.15, 0.2) is 5.78 Å². The van der Waals surface area contributed by atoms with Crippen LogP contribution < -0.4 is 5.73 Å². The van der Waals surface area contributed by atoms with Gasteiger partial charge >= 0.3 is 0 Å². The second kappa shape index (κ2) is 7.09. The molecule has 0 aliphatic rings. The molecule has 0 saturated carbocycles. The Hall–Kier alpha value is -1.45. The number of ketones is 1. The first-order valence-corrected chi connectivity index (χ1v) is 6.09. The molecule has 3 heteroatoms. The Kier molecular flexibility index (Phi) is 5.75. The van der Waals surface area contributed by atoms with Crippen LogP contribution in [0, 0.1) is 0 Å². The highest BCUT2D eigenvalue weighted by atomic mass is 16.5. The number of carbonyl (C=O) groups excluding carboxylic acids is 1. The van der Waals surface area contributed by atoms with Crippen molar-refractivity contribution in [2.45, 2.75) is 39.0 Å². The average Bonchev–Trinajstić information content (AvgIpc) is 2.35. The number of allylic oxidation sites excluding steroid dienone is 1. The summed E-state index contributed by atoms with van der Waals surface area (Å²) < 4.78 is 5.62. The average molecular weight is 247 g/mol. The summed E-state index contributed by atoms with van der Waals surface area (Å²) in [5.74, 6) is -0.0249. The Morgan fingerprint density at radius 3 is 2.56 bits per heavy atom. The summed E-state index contributed by atoms with van der Waals surface area (Å²) in [4.78, 5) is 11.7. The molecule has 0 saturated heterocycles. The molecule has 2 atom stereocenters. The molecule has 18 heavy (non-hydrogen) atoms. The predicted molar refractivity (Wildman–Crippen MR) is 73.1 cm³/mol. The summed E-state index contributed by atoms with van der Waals surface area (Å²) in [5.41, 5.74) is 7.76. The van der Waals surface area contributed by atoms with Crippen LogP contribution >= 0.6 is 0 Å². The molecular formula is C15H21NO2. The van der Waals surface area contributed by atoms with E-state index in [4.69, 9.17) is 10.5 Å². The largest absolute Gasteiger partial charge is 0.372 e. The van der Waals surface area contributed by atoms with Gasteiger partial charge in [0.2, 0.25) is 0 Å². The SMILES string of the molecule is C=C(C)CC(=O)[C@H](N)[C@H](C)OCc1ccccc1. The van der Waals surface area contributed by atoms with Crippen molar-refractivity contribution in [3.63, 3.8) is 0 Å². The van der Waals surface area contributed by atoms with E-state index in [9.17, 15) is 4.79 Å². The zero-order valence-electron chi connectivity index (χ0n) is 11.1. The quantitative estimate of drug-likeness (QED) is 0.753. The van der Waals surface area contributed by atoms with Crippen LogP contribution in [-0.2, 0) is 16.1 Å². The molecule has 0 spiro atoms. The Morgan fingerprint density at radius 1 is 1.39 bits per heavy atom. The molecule has 0 radical (unpaired) electrons. The van der Waals surface area contributed by atoms with Gasteiger partial charge < -0.3 is 10.5 Å². The third-order valence-corrected chi connectivity index (χ3v) is 2.71. The first-order chi connectivity index (χ1) is 8.50. The summed E-state index contributed by atoms with van der Waals surface area (Å²) in [5, 5.41) is 0. The Labute approximate surface area is 109 Å². The minimum Gasteiger partial charge on any atom is -0.372 e. The van der Waals surface area contributed by atoms with Gasteiger partial charge in [-0.15, -0.1) is 0 Å². The lowest BCUT2D eigenvalue weighted by Crippen LogP contribution is -2.41. The van der Waals surface area contributed by atoms with Crippen LogP contribution in [0.5, 0.6) is 0 Å². The number of hydrogen-bond donors (Lipinski definition) is 1. The van der Waals surface area contributed by atoms with Gasteiger partial charge in [0, 0.05) is 6.42 Å². The standard InChI is InChI=1S/C15H21NO2/c1-11(2)9-14(17)15(16)12(3)18-10-13-7-5-4-6-8-13/h4-8,12,15H,1,9-10,16H2,2-3H3/t12-,15+/m0/s1. The zero-order chi connectivity index (χ0) is 13.5. The highest BCUT2D eigenvalue weighted by Crippen LogP contribution is 2.08. The molecule has 1 rings (SSSR count). The molecule has 0 aliphatic carbocycles. The van der Waals surface area contributed by atoms with Crippen molar-refractivity contribution in [1.82, 2.24) is 0 Å². The molecule has 0 aliphatic heterocycles. The second-order valence-corrected chi connectivity index (χ2v) is 4.63. The molecule has 0 fully saturated rings. The Balaban J connectivity index is 2.42. The van der Waals surface area contributed by atoms with E-state index in [1.54, 1.807) is 0 Å². The van der Waals surface area contributed by atoms with E-state index >= 15 is 0 Å². The number of rotatable bonds is 7. The van der Waals surface area contributed by atoms with Crippen LogP contribution in [0.3, 0.4) is 0 Å². The van der Waals surface area contributed by atoms with E-state index in [1.807, 2.05) is 44.2 Å². The van der Waals surface area contributed by atoms with Crippen LogP contribution in [0.25, 0.3) is 0 Å². The molecule has 1 aromatic carbocycles. The van der Waals surface area contributed by atoms with Crippen LogP contribution in [-0.4, -0.2) is 17.9 Å². The van der Waals surface area contributed by atoms with Crippen molar-refractivity contribution in [2.24, 2.45) is 5.73 Å². The third-order valence-electron chi connectivity index (χ3n) is 2.71. The summed E-state index contributed by atoms with van der Waals surface area (Å²) in [6.45, 7) is 7.82. The van der Waals surface area contributed by atoms with Gasteiger partial charge in [0.25, 0.3) is 0 Å². The van der Waals surface area contributed by atoms with Gasteiger partial charge in [-0.05, 0) is 19.4 Å². The van der Waals surface area contributed by atoms with Gasteiger partial charge in [0.05, 0.1) is 18.8 Å². The lowest BCUT2D eigenvalue weighted by atomic mass is 10.0. The molecule has 0 bridgehead atoms. The maximum atomic E-state index is 11.7. The summed E-state index contributed by atoms with van der Waals surface area (Å²) in [6, 6.07) is 9.23. The summed E-state index contributed by atoms with van der Waals surface area (Å²) >= 11 is 0. The lowest BCUT2D eigenvalue weighted by molar-refractivity contribution is -0.123. The fraction of sp³-hybridized carbons (Fsp3) is 0.400. The number of ether oxygens (including phenoxy) is 1. The first-order valence-electron chi connectivity index (χ1n) is 6.09. The van der Waals surface area contributed by atoms with Crippen molar-refractivity contribution in [2.75, 3.05) is 0 Å². The molecule has 98 valence electrons. The first kappa shape index (κ1) is 14.6.